The Labute approximate surface area is 133 Å². The Kier molecular flexibility index (Phi) is 3.03. The van der Waals surface area contributed by atoms with E-state index < -0.39 is 6.29 Å². The fraction of sp³-hybridized carbons (Fsp3) is 0.0769. The smallest absolute Gasteiger partial charge is 0.258 e. The van der Waals surface area contributed by atoms with Crippen molar-refractivity contribution in [1.82, 2.24) is 29.8 Å². The summed E-state index contributed by atoms with van der Waals surface area (Å²) in [5.74, 6) is 0.0803. The molecule has 9 nitrogen and oxygen atoms in total. The van der Waals surface area contributed by atoms with Crippen LogP contribution in [0.5, 0.6) is 0 Å². The summed E-state index contributed by atoms with van der Waals surface area (Å²) in [6.07, 6.45) is 1.53. The van der Waals surface area contributed by atoms with Crippen molar-refractivity contribution in [1.29, 1.82) is 0 Å². The highest BCUT2D eigenvalue weighted by molar-refractivity contribution is 6.30. The number of aliphatic hydroxyl groups is 1. The molecule has 0 saturated heterocycles. The van der Waals surface area contributed by atoms with Gasteiger partial charge in [-0.05, 0) is 17.3 Å². The highest BCUT2D eigenvalue weighted by atomic mass is 35.5. The summed E-state index contributed by atoms with van der Waals surface area (Å²) in [5.41, 5.74) is 7.65. The molecule has 3 aromatic heterocycles. The third-order valence-corrected chi connectivity index (χ3v) is 3.47. The molecule has 0 aliphatic carbocycles. The normalized spacial score (nSPS) is 12.8. The number of benzene rings is 1. The average molecular weight is 332 g/mol. The molecule has 4 aromatic rings. The van der Waals surface area contributed by atoms with E-state index in [0.717, 1.165) is 4.85 Å². The van der Waals surface area contributed by atoms with Crippen molar-refractivity contribution in [2.24, 2.45) is 0 Å². The summed E-state index contributed by atoms with van der Waals surface area (Å²) >= 11 is 5.86. The van der Waals surface area contributed by atoms with Gasteiger partial charge in [-0.25, -0.2) is 9.50 Å². The average Bonchev–Trinajstić information content (AvgIpc) is 3.07. The van der Waals surface area contributed by atoms with Crippen LogP contribution in [0.25, 0.3) is 16.7 Å². The lowest BCUT2D eigenvalue weighted by atomic mass is 10.3. The van der Waals surface area contributed by atoms with Gasteiger partial charge in [-0.2, -0.15) is 0 Å². The van der Waals surface area contributed by atoms with E-state index in [1.54, 1.807) is 12.1 Å². The van der Waals surface area contributed by atoms with Gasteiger partial charge in [0.05, 0.1) is 11.2 Å². The monoisotopic (exact) mass is 331 g/mol. The van der Waals surface area contributed by atoms with E-state index in [1.165, 1.54) is 16.9 Å². The van der Waals surface area contributed by atoms with Crippen LogP contribution in [0.15, 0.2) is 36.7 Å². The number of hydrogen-bond acceptors (Lipinski definition) is 7. The highest BCUT2D eigenvalue weighted by Crippen LogP contribution is 2.24. The fourth-order valence-electron chi connectivity index (χ4n) is 2.26. The van der Waals surface area contributed by atoms with Crippen LogP contribution in [0.3, 0.4) is 0 Å². The molecule has 0 fully saturated rings. The zero-order valence-corrected chi connectivity index (χ0v) is 12.3. The number of halogens is 1. The predicted octanol–water partition coefficient (Wildman–Crippen LogP) is 0.829. The minimum atomic E-state index is -1.42. The Hall–Kier alpha value is -2.91. The lowest BCUT2D eigenvalue weighted by molar-refractivity contribution is -0.115. The number of fused-ring (bicyclic) bond motifs is 2. The minimum absolute atomic E-state index is 0.0803. The largest absolute Gasteiger partial charge is 0.382 e. The van der Waals surface area contributed by atoms with Gasteiger partial charge < -0.3 is 15.7 Å². The van der Waals surface area contributed by atoms with E-state index in [2.05, 4.69) is 20.4 Å². The molecule has 0 spiro atoms. The number of para-hydroxylation sites is 1. The Morgan fingerprint density at radius 2 is 2.13 bits per heavy atom. The van der Waals surface area contributed by atoms with E-state index in [1.807, 2.05) is 12.1 Å². The van der Waals surface area contributed by atoms with Crippen LogP contribution in [-0.4, -0.2) is 34.9 Å². The molecule has 10 heteroatoms. The van der Waals surface area contributed by atoms with Crippen molar-refractivity contribution in [2.45, 2.75) is 6.29 Å². The quantitative estimate of drug-likeness (QED) is 0.534. The first-order chi connectivity index (χ1) is 11.1. The molecule has 23 heavy (non-hydrogen) atoms. The second-order valence-corrected chi connectivity index (χ2v) is 5.18. The number of nitrogen functional groups attached to an aromatic ring is 1. The lowest BCUT2D eigenvalue weighted by Crippen LogP contribution is -2.20. The summed E-state index contributed by atoms with van der Waals surface area (Å²) in [6.45, 7) is 0. The maximum Gasteiger partial charge on any atom is 0.258 e. The molecule has 1 aromatic carbocycles. The van der Waals surface area contributed by atoms with Gasteiger partial charge in [-0.3, -0.25) is 0 Å². The zero-order chi connectivity index (χ0) is 16.0. The van der Waals surface area contributed by atoms with Crippen molar-refractivity contribution in [2.75, 3.05) is 5.73 Å². The number of anilines is 1. The van der Waals surface area contributed by atoms with Gasteiger partial charge in [0, 0.05) is 6.20 Å². The number of aromatic nitrogens is 6. The number of nitrogens with two attached hydrogens (primary N) is 1. The highest BCUT2D eigenvalue weighted by Gasteiger charge is 2.23. The molecule has 0 bridgehead atoms. The van der Waals surface area contributed by atoms with Gasteiger partial charge in [-0.1, -0.05) is 28.6 Å². The summed E-state index contributed by atoms with van der Waals surface area (Å²) in [6, 6.07) is 7.18. The Balaban J connectivity index is 1.75. The van der Waals surface area contributed by atoms with Gasteiger partial charge in [0.1, 0.15) is 16.6 Å². The number of aliphatic hydroxyl groups excluding tert-OH is 1. The molecule has 3 heterocycles. The van der Waals surface area contributed by atoms with Crippen molar-refractivity contribution in [3.05, 3.63) is 47.2 Å². The Bertz CT molecular complexity index is 1010. The molecule has 3 N–H and O–H groups in total. The summed E-state index contributed by atoms with van der Waals surface area (Å²) < 4.78 is 1.37. The number of nitrogens with zero attached hydrogens (tertiary/aromatic N) is 6. The third-order valence-electron chi connectivity index (χ3n) is 3.27. The van der Waals surface area contributed by atoms with Crippen molar-refractivity contribution in [3.8, 4) is 0 Å². The van der Waals surface area contributed by atoms with Crippen molar-refractivity contribution in [3.63, 3.8) is 0 Å². The van der Waals surface area contributed by atoms with Crippen LogP contribution in [0.2, 0.25) is 5.02 Å². The molecule has 1 atom stereocenters. The second-order valence-electron chi connectivity index (χ2n) is 4.75. The second kappa shape index (κ2) is 5.07. The topological polar surface area (TPSA) is 116 Å². The van der Waals surface area contributed by atoms with Crippen LogP contribution in [-0.2, 0) is 0 Å². The summed E-state index contributed by atoms with van der Waals surface area (Å²) in [4.78, 5) is 10.7. The van der Waals surface area contributed by atoms with E-state index in [-0.39, 0.29) is 11.4 Å². The van der Waals surface area contributed by atoms with Crippen molar-refractivity contribution >= 4 is 34.1 Å². The molecule has 4 rings (SSSR count). The summed E-state index contributed by atoms with van der Waals surface area (Å²) in [5, 5.41) is 22.6. The first-order valence-corrected chi connectivity index (χ1v) is 6.96. The zero-order valence-electron chi connectivity index (χ0n) is 11.5. The molecule has 0 aliphatic rings. The number of hydrogen-bond donors (Lipinski definition) is 2. The van der Waals surface area contributed by atoms with E-state index in [4.69, 9.17) is 22.2 Å². The van der Waals surface area contributed by atoms with Crippen LogP contribution in [0.1, 0.15) is 11.9 Å². The Morgan fingerprint density at radius 3 is 3.00 bits per heavy atom. The molecular weight excluding hydrogens is 322 g/mol. The molecular formula is C13H10ClN7O2. The van der Waals surface area contributed by atoms with Gasteiger partial charge >= 0.3 is 0 Å². The molecule has 116 valence electrons. The van der Waals surface area contributed by atoms with E-state index in [9.17, 15) is 5.11 Å². The van der Waals surface area contributed by atoms with E-state index in [0.29, 0.717) is 21.7 Å². The molecule has 0 saturated carbocycles. The molecule has 0 aliphatic heterocycles. The molecule has 1 unspecified atom stereocenters. The summed E-state index contributed by atoms with van der Waals surface area (Å²) in [7, 11) is 0. The van der Waals surface area contributed by atoms with Crippen LogP contribution < -0.4 is 10.6 Å². The fourth-order valence-corrected chi connectivity index (χ4v) is 2.40. The molecule has 0 amide bonds. The predicted molar refractivity (Wildman–Crippen MR) is 81.5 cm³/mol. The lowest BCUT2D eigenvalue weighted by Gasteiger charge is -2.11. The van der Waals surface area contributed by atoms with Gasteiger partial charge in [0.25, 0.3) is 6.29 Å². The number of rotatable bonds is 3. The maximum atomic E-state index is 10.4. The third kappa shape index (κ3) is 2.22. The standard InChI is InChI=1S/C13H10ClN7O2/c14-7-5-16-12-10(11(15)18-20(12)6-7)13(22)23-21-9-4-2-1-3-8(9)17-19-21/h1-6,13,22H,(H2,15,18). The van der Waals surface area contributed by atoms with Gasteiger partial charge in [0.15, 0.2) is 11.5 Å². The van der Waals surface area contributed by atoms with Crippen molar-refractivity contribution < 1.29 is 9.94 Å². The van der Waals surface area contributed by atoms with Crippen LogP contribution in [0, 0.1) is 0 Å². The maximum absolute atomic E-state index is 10.4. The Morgan fingerprint density at radius 1 is 1.30 bits per heavy atom. The minimum Gasteiger partial charge on any atom is -0.382 e. The first kappa shape index (κ1) is 13.7. The van der Waals surface area contributed by atoms with E-state index >= 15 is 0 Å². The van der Waals surface area contributed by atoms with Gasteiger partial charge in [-0.15, -0.1) is 10.2 Å². The van der Waals surface area contributed by atoms with Crippen LogP contribution >= 0.6 is 11.6 Å². The van der Waals surface area contributed by atoms with Crippen LogP contribution in [0.4, 0.5) is 5.82 Å². The van der Waals surface area contributed by atoms with Gasteiger partial charge in [0.2, 0.25) is 0 Å². The molecule has 0 radical (unpaired) electrons. The first-order valence-electron chi connectivity index (χ1n) is 6.58. The SMILES string of the molecule is Nc1nn2cc(Cl)cnc2c1C(O)On1nnc2ccccc21.